The topological polar surface area (TPSA) is 47.1 Å². The summed E-state index contributed by atoms with van der Waals surface area (Å²) in [6.07, 6.45) is 6.43. The van der Waals surface area contributed by atoms with Crippen LogP contribution in [0.15, 0.2) is 12.4 Å². The summed E-state index contributed by atoms with van der Waals surface area (Å²) in [6, 6.07) is 0. The Morgan fingerprint density at radius 3 is 2.94 bits per heavy atom. The van der Waals surface area contributed by atoms with Crippen molar-refractivity contribution in [1.82, 2.24) is 14.5 Å². The zero-order valence-electron chi connectivity index (χ0n) is 10.3. The minimum atomic E-state index is 0.405. The molecular weight excluding hydrogens is 200 g/mol. The van der Waals surface area contributed by atoms with Crippen molar-refractivity contribution >= 4 is 0 Å². The Kier molecular flexibility index (Phi) is 3.61. The highest BCUT2D eigenvalue weighted by molar-refractivity contribution is 5.04. The Balaban J connectivity index is 2.13. The van der Waals surface area contributed by atoms with Crippen molar-refractivity contribution in [1.29, 1.82) is 0 Å². The summed E-state index contributed by atoms with van der Waals surface area (Å²) < 4.78 is 2.10. The van der Waals surface area contributed by atoms with Gasteiger partial charge in [-0.25, -0.2) is 4.98 Å². The van der Waals surface area contributed by atoms with Gasteiger partial charge in [-0.1, -0.05) is 0 Å². The zero-order chi connectivity index (χ0) is 11.5. The second-order valence-electron chi connectivity index (χ2n) is 4.90. The number of nitrogens with zero attached hydrogens (tertiary/aromatic N) is 3. The Morgan fingerprint density at radius 2 is 2.38 bits per heavy atom. The molecule has 0 amide bonds. The van der Waals surface area contributed by atoms with Gasteiger partial charge in [0.1, 0.15) is 5.82 Å². The maximum Gasteiger partial charge on any atom is 0.113 e. The molecule has 2 N–H and O–H groups in total. The fourth-order valence-corrected chi connectivity index (χ4v) is 2.78. The first kappa shape index (κ1) is 11.6. The number of aryl methyl sites for hydroxylation is 1. The van der Waals surface area contributed by atoms with Crippen LogP contribution in [-0.2, 0) is 7.05 Å². The number of aromatic nitrogens is 2. The van der Waals surface area contributed by atoms with Crippen LogP contribution in [-0.4, -0.2) is 41.1 Å². The van der Waals surface area contributed by atoms with Gasteiger partial charge in [-0.2, -0.15) is 0 Å². The van der Waals surface area contributed by atoms with Crippen molar-refractivity contribution in [3.8, 4) is 0 Å². The Morgan fingerprint density at radius 1 is 1.56 bits per heavy atom. The molecule has 1 aliphatic heterocycles. The molecule has 1 aromatic heterocycles. The number of nitrogens with two attached hydrogens (primary N) is 1. The smallest absolute Gasteiger partial charge is 0.113 e. The van der Waals surface area contributed by atoms with E-state index < -0.39 is 0 Å². The zero-order valence-corrected chi connectivity index (χ0v) is 10.3. The van der Waals surface area contributed by atoms with Crippen LogP contribution in [0.1, 0.15) is 24.6 Å². The van der Waals surface area contributed by atoms with Crippen molar-refractivity contribution in [3.05, 3.63) is 18.2 Å². The molecule has 4 heteroatoms. The van der Waals surface area contributed by atoms with Gasteiger partial charge in [0.05, 0.1) is 0 Å². The maximum absolute atomic E-state index is 5.94. The molecule has 0 saturated carbocycles. The average Bonchev–Trinajstić information content (AvgIpc) is 2.67. The largest absolute Gasteiger partial charge is 0.338 e. The number of likely N-dealkylation sites (tertiary alicyclic amines) is 1. The van der Waals surface area contributed by atoms with Gasteiger partial charge in [-0.05, 0) is 32.4 Å². The third-order valence-electron chi connectivity index (χ3n) is 3.67. The number of piperidine rings is 1. The molecule has 90 valence electrons. The third kappa shape index (κ3) is 2.28. The minimum absolute atomic E-state index is 0.405. The highest BCUT2D eigenvalue weighted by Gasteiger charge is 2.28. The van der Waals surface area contributed by atoms with E-state index in [0.29, 0.717) is 18.4 Å². The second kappa shape index (κ2) is 4.97. The lowest BCUT2D eigenvalue weighted by Crippen LogP contribution is -2.37. The van der Waals surface area contributed by atoms with Gasteiger partial charge >= 0.3 is 0 Å². The maximum atomic E-state index is 5.94. The van der Waals surface area contributed by atoms with Crippen LogP contribution in [0.25, 0.3) is 0 Å². The van der Waals surface area contributed by atoms with Crippen molar-refractivity contribution in [3.63, 3.8) is 0 Å². The molecule has 2 heterocycles. The van der Waals surface area contributed by atoms with Crippen LogP contribution in [0.3, 0.4) is 0 Å². The Hall–Kier alpha value is -0.870. The van der Waals surface area contributed by atoms with E-state index in [1.807, 2.05) is 12.4 Å². The van der Waals surface area contributed by atoms with Crippen LogP contribution in [0.4, 0.5) is 0 Å². The van der Waals surface area contributed by atoms with E-state index in [0.717, 1.165) is 12.4 Å². The fourth-order valence-electron chi connectivity index (χ4n) is 2.78. The monoisotopic (exact) mass is 222 g/mol. The van der Waals surface area contributed by atoms with Gasteiger partial charge < -0.3 is 15.2 Å². The number of imidazole rings is 1. The summed E-state index contributed by atoms with van der Waals surface area (Å²) in [5, 5.41) is 0. The molecule has 0 spiro atoms. The average molecular weight is 222 g/mol. The number of hydrogen-bond acceptors (Lipinski definition) is 3. The second-order valence-corrected chi connectivity index (χ2v) is 4.90. The van der Waals surface area contributed by atoms with Crippen molar-refractivity contribution in [2.45, 2.75) is 18.8 Å². The first-order valence-electron chi connectivity index (χ1n) is 6.08. The normalized spacial score (nSPS) is 24.6. The van der Waals surface area contributed by atoms with Gasteiger partial charge in [-0.15, -0.1) is 0 Å². The molecular formula is C12H22N4. The summed E-state index contributed by atoms with van der Waals surface area (Å²) >= 11 is 0. The summed E-state index contributed by atoms with van der Waals surface area (Å²) in [5.74, 6) is 2.20. The quantitative estimate of drug-likeness (QED) is 0.823. The molecule has 1 fully saturated rings. The summed E-state index contributed by atoms with van der Waals surface area (Å²) in [7, 11) is 4.25. The van der Waals surface area contributed by atoms with Gasteiger partial charge in [-0.3, -0.25) is 0 Å². The predicted molar refractivity (Wildman–Crippen MR) is 65.2 cm³/mol. The standard InChI is InChI=1S/C12H22N4/c1-15-6-3-4-10(9-15)11(8-13)12-14-5-7-16(12)2/h5,7,10-11H,3-4,6,8-9,13H2,1-2H3. The van der Waals surface area contributed by atoms with Crippen molar-refractivity contribution in [2.75, 3.05) is 26.7 Å². The molecule has 0 aliphatic carbocycles. The summed E-state index contributed by atoms with van der Waals surface area (Å²) in [5.41, 5.74) is 5.94. The molecule has 1 saturated heterocycles. The molecule has 1 aliphatic rings. The molecule has 0 radical (unpaired) electrons. The molecule has 16 heavy (non-hydrogen) atoms. The highest BCUT2D eigenvalue weighted by Crippen LogP contribution is 2.29. The van der Waals surface area contributed by atoms with Gasteiger partial charge in [0.2, 0.25) is 0 Å². The molecule has 0 aromatic carbocycles. The van der Waals surface area contributed by atoms with Crippen LogP contribution >= 0.6 is 0 Å². The summed E-state index contributed by atoms with van der Waals surface area (Å²) in [6.45, 7) is 3.06. The molecule has 1 aromatic rings. The number of hydrogen-bond donors (Lipinski definition) is 1. The van der Waals surface area contributed by atoms with E-state index in [-0.39, 0.29) is 0 Å². The van der Waals surface area contributed by atoms with Gasteiger partial charge in [0.25, 0.3) is 0 Å². The lowest BCUT2D eigenvalue weighted by Gasteiger charge is -2.34. The number of rotatable bonds is 3. The molecule has 4 nitrogen and oxygen atoms in total. The SMILES string of the molecule is CN1CCCC(C(CN)c2nccn2C)C1. The molecule has 2 atom stereocenters. The lowest BCUT2D eigenvalue weighted by molar-refractivity contribution is 0.184. The first-order chi connectivity index (χ1) is 7.72. The van der Waals surface area contributed by atoms with E-state index in [1.54, 1.807) is 0 Å². The van der Waals surface area contributed by atoms with Crippen molar-refractivity contribution < 1.29 is 0 Å². The van der Waals surface area contributed by atoms with Crippen LogP contribution in [0.2, 0.25) is 0 Å². The fraction of sp³-hybridized carbons (Fsp3) is 0.750. The Labute approximate surface area is 97.4 Å². The van der Waals surface area contributed by atoms with Crippen molar-refractivity contribution in [2.24, 2.45) is 18.7 Å². The van der Waals surface area contributed by atoms with E-state index in [2.05, 4.69) is 28.5 Å². The Bertz CT molecular complexity index is 334. The summed E-state index contributed by atoms with van der Waals surface area (Å²) in [4.78, 5) is 6.85. The van der Waals surface area contributed by atoms with Crippen LogP contribution < -0.4 is 5.73 Å². The lowest BCUT2D eigenvalue weighted by atomic mass is 9.85. The third-order valence-corrected chi connectivity index (χ3v) is 3.67. The minimum Gasteiger partial charge on any atom is -0.338 e. The molecule has 2 rings (SSSR count). The van der Waals surface area contributed by atoms with E-state index in [4.69, 9.17) is 5.73 Å². The van der Waals surface area contributed by atoms with Crippen LogP contribution in [0, 0.1) is 5.92 Å². The molecule has 2 unspecified atom stereocenters. The van der Waals surface area contributed by atoms with E-state index >= 15 is 0 Å². The highest BCUT2D eigenvalue weighted by atomic mass is 15.1. The van der Waals surface area contributed by atoms with Crippen LogP contribution in [0.5, 0.6) is 0 Å². The van der Waals surface area contributed by atoms with E-state index in [9.17, 15) is 0 Å². The molecule has 0 bridgehead atoms. The van der Waals surface area contributed by atoms with Gasteiger partial charge in [0.15, 0.2) is 0 Å². The van der Waals surface area contributed by atoms with Gasteiger partial charge in [0, 0.05) is 38.4 Å². The first-order valence-corrected chi connectivity index (χ1v) is 6.08. The predicted octanol–water partition coefficient (Wildman–Crippen LogP) is 0.804. The van der Waals surface area contributed by atoms with E-state index in [1.165, 1.54) is 19.4 Å².